The van der Waals surface area contributed by atoms with Gasteiger partial charge in [-0.25, -0.2) is 8.42 Å². The van der Waals surface area contributed by atoms with Gasteiger partial charge in [0.05, 0.1) is 11.9 Å². The monoisotopic (exact) mass is 515 g/mol. The van der Waals surface area contributed by atoms with E-state index in [0.717, 1.165) is 16.1 Å². The van der Waals surface area contributed by atoms with Crippen molar-refractivity contribution in [2.75, 3.05) is 30.2 Å². The summed E-state index contributed by atoms with van der Waals surface area (Å²) >= 11 is 0. The number of sulfonamides is 1. The van der Waals surface area contributed by atoms with E-state index >= 15 is 0 Å². The van der Waals surface area contributed by atoms with Gasteiger partial charge in [-0.05, 0) is 43.4 Å². The second-order valence-corrected chi connectivity index (χ2v) is 11.2. The van der Waals surface area contributed by atoms with E-state index in [0.29, 0.717) is 24.9 Å². The number of hydrogen-bond donors (Lipinski definition) is 1. The summed E-state index contributed by atoms with van der Waals surface area (Å²) in [6.45, 7) is 7.43. The van der Waals surface area contributed by atoms with E-state index in [4.69, 9.17) is 0 Å². The first-order valence-electron chi connectivity index (χ1n) is 12.1. The average molecular weight is 516 g/mol. The maximum absolute atomic E-state index is 13.6. The molecule has 0 spiro atoms. The summed E-state index contributed by atoms with van der Waals surface area (Å²) in [6.07, 6.45) is 1.91. The number of carbonyl (C=O) groups is 3. The highest BCUT2D eigenvalue weighted by molar-refractivity contribution is 7.92. The molecule has 2 aromatic carbocycles. The third-order valence-electron chi connectivity index (χ3n) is 5.77. The number of benzene rings is 2. The van der Waals surface area contributed by atoms with E-state index < -0.39 is 28.5 Å². The molecule has 0 aliphatic rings. The molecule has 0 saturated carbocycles. The zero-order valence-electron chi connectivity index (χ0n) is 21.7. The molecule has 0 fully saturated rings. The number of ketones is 1. The molecule has 2 aromatic rings. The molecule has 0 heterocycles. The highest BCUT2D eigenvalue weighted by atomic mass is 32.2. The van der Waals surface area contributed by atoms with Crippen molar-refractivity contribution in [3.05, 3.63) is 65.7 Å². The molecule has 1 N–H and O–H groups in total. The van der Waals surface area contributed by atoms with Crippen LogP contribution < -0.4 is 9.62 Å². The van der Waals surface area contributed by atoms with Gasteiger partial charge in [0, 0.05) is 18.7 Å². The highest BCUT2D eigenvalue weighted by Crippen LogP contribution is 2.21. The predicted octanol–water partition coefficient (Wildman–Crippen LogP) is 3.28. The summed E-state index contributed by atoms with van der Waals surface area (Å²) in [5.74, 6) is -0.726. The zero-order chi connectivity index (χ0) is 26.9. The lowest BCUT2D eigenvalue weighted by Crippen LogP contribution is -2.53. The fourth-order valence-electron chi connectivity index (χ4n) is 3.81. The van der Waals surface area contributed by atoms with Gasteiger partial charge in [0.1, 0.15) is 12.6 Å². The summed E-state index contributed by atoms with van der Waals surface area (Å²) in [4.78, 5) is 40.0. The van der Waals surface area contributed by atoms with E-state index in [9.17, 15) is 22.8 Å². The Balaban J connectivity index is 2.38. The zero-order valence-corrected chi connectivity index (χ0v) is 22.5. The van der Waals surface area contributed by atoms with Crippen molar-refractivity contribution in [1.29, 1.82) is 0 Å². The van der Waals surface area contributed by atoms with Gasteiger partial charge < -0.3 is 10.2 Å². The molecule has 0 bridgehead atoms. The lowest BCUT2D eigenvalue weighted by molar-refractivity contribution is -0.139. The molecular weight excluding hydrogens is 478 g/mol. The molecule has 36 heavy (non-hydrogen) atoms. The minimum atomic E-state index is -3.86. The first-order chi connectivity index (χ1) is 16.9. The van der Waals surface area contributed by atoms with E-state index in [2.05, 4.69) is 5.32 Å². The number of anilines is 1. The van der Waals surface area contributed by atoms with Crippen molar-refractivity contribution in [3.8, 4) is 0 Å². The molecule has 2 amide bonds. The maximum atomic E-state index is 13.6. The topological polar surface area (TPSA) is 104 Å². The Bertz CT molecular complexity index is 1150. The van der Waals surface area contributed by atoms with Crippen LogP contribution in [-0.4, -0.2) is 62.8 Å². The molecular formula is C27H37N3O5S. The molecule has 196 valence electrons. The van der Waals surface area contributed by atoms with Gasteiger partial charge >= 0.3 is 0 Å². The number of carbonyl (C=O) groups excluding carboxylic acids is 3. The van der Waals surface area contributed by atoms with Gasteiger partial charge in [-0.2, -0.15) is 0 Å². The normalized spacial score (nSPS) is 12.2. The Morgan fingerprint density at radius 1 is 1.00 bits per heavy atom. The third-order valence-corrected chi connectivity index (χ3v) is 6.92. The number of nitrogens with one attached hydrogen (secondary N) is 1. The molecule has 0 aliphatic carbocycles. The number of nitrogens with zero attached hydrogens (tertiary/aromatic N) is 2. The average Bonchev–Trinajstić information content (AvgIpc) is 2.83. The van der Waals surface area contributed by atoms with Crippen LogP contribution in [0.3, 0.4) is 0 Å². The molecule has 8 nitrogen and oxygen atoms in total. The Morgan fingerprint density at radius 3 is 2.22 bits per heavy atom. The van der Waals surface area contributed by atoms with E-state index in [1.807, 2.05) is 51.1 Å². The van der Waals surface area contributed by atoms with Crippen molar-refractivity contribution >= 4 is 33.3 Å². The fraction of sp³-hybridized carbons (Fsp3) is 0.444. The molecule has 0 aliphatic heterocycles. The Morgan fingerprint density at radius 2 is 1.67 bits per heavy atom. The molecule has 1 atom stereocenters. The maximum Gasteiger partial charge on any atom is 0.244 e. The van der Waals surface area contributed by atoms with Crippen molar-refractivity contribution in [1.82, 2.24) is 10.2 Å². The van der Waals surface area contributed by atoms with Crippen LogP contribution in [0.2, 0.25) is 0 Å². The van der Waals surface area contributed by atoms with Crippen molar-refractivity contribution in [3.63, 3.8) is 0 Å². The van der Waals surface area contributed by atoms with Gasteiger partial charge in [-0.15, -0.1) is 0 Å². The SMILES string of the molecule is CCC(C(=O)NCC(C)C)N(CCc1ccccc1)C(=O)CN(c1cccc(C(C)=O)c1)S(C)(=O)=O. The minimum Gasteiger partial charge on any atom is -0.354 e. The first-order valence-corrected chi connectivity index (χ1v) is 14.0. The standard InChI is InChI=1S/C27H37N3O5S/c1-6-25(27(33)28-18-20(2)3)29(16-15-22-11-8-7-9-12-22)26(32)19-30(36(5,34)35)24-14-10-13-23(17-24)21(4)31/h7-14,17,20,25H,6,15-16,18-19H2,1-5H3,(H,28,33). The second kappa shape index (κ2) is 13.2. The summed E-state index contributed by atoms with van der Waals surface area (Å²) in [7, 11) is -3.86. The van der Waals surface area contributed by atoms with E-state index in [1.165, 1.54) is 17.9 Å². The van der Waals surface area contributed by atoms with Crippen molar-refractivity contribution in [2.24, 2.45) is 5.92 Å². The van der Waals surface area contributed by atoms with Crippen LogP contribution in [-0.2, 0) is 26.0 Å². The van der Waals surface area contributed by atoms with Gasteiger partial charge in [0.15, 0.2) is 5.78 Å². The van der Waals surface area contributed by atoms with E-state index in [1.54, 1.807) is 18.2 Å². The lowest BCUT2D eigenvalue weighted by atomic mass is 10.1. The molecule has 2 rings (SSSR count). The van der Waals surface area contributed by atoms with Gasteiger partial charge in [0.25, 0.3) is 0 Å². The molecule has 0 aromatic heterocycles. The largest absolute Gasteiger partial charge is 0.354 e. The summed E-state index contributed by atoms with van der Waals surface area (Å²) in [6, 6.07) is 15.0. The predicted molar refractivity (Wildman–Crippen MR) is 142 cm³/mol. The van der Waals surface area contributed by atoms with Gasteiger partial charge in [-0.1, -0.05) is 63.2 Å². The Labute approximate surface area is 214 Å². The highest BCUT2D eigenvalue weighted by Gasteiger charge is 2.31. The van der Waals surface area contributed by atoms with Gasteiger partial charge in [-0.3, -0.25) is 18.7 Å². The lowest BCUT2D eigenvalue weighted by Gasteiger charge is -2.33. The number of hydrogen-bond acceptors (Lipinski definition) is 5. The fourth-order valence-corrected chi connectivity index (χ4v) is 4.65. The van der Waals surface area contributed by atoms with Crippen molar-refractivity contribution in [2.45, 2.75) is 46.6 Å². The van der Waals surface area contributed by atoms with Crippen LogP contribution in [0.15, 0.2) is 54.6 Å². The summed E-state index contributed by atoms with van der Waals surface area (Å²) in [5, 5.41) is 2.90. The molecule has 9 heteroatoms. The molecule has 0 radical (unpaired) electrons. The van der Waals surface area contributed by atoms with Crippen molar-refractivity contribution < 1.29 is 22.8 Å². The van der Waals surface area contributed by atoms with Crippen LogP contribution in [0.1, 0.15) is 50.0 Å². The smallest absolute Gasteiger partial charge is 0.244 e. The van der Waals surface area contributed by atoms with Crippen LogP contribution in [0, 0.1) is 5.92 Å². The first kappa shape index (κ1) is 29.0. The van der Waals surface area contributed by atoms with Crippen LogP contribution in [0.5, 0.6) is 0 Å². The number of rotatable bonds is 13. The molecule has 1 unspecified atom stereocenters. The number of Topliss-reactive ketones (excluding diaryl/α,β-unsaturated/α-hetero) is 1. The van der Waals surface area contributed by atoms with Gasteiger partial charge in [0.2, 0.25) is 21.8 Å². The molecule has 0 saturated heterocycles. The van der Waals surface area contributed by atoms with Crippen LogP contribution >= 0.6 is 0 Å². The summed E-state index contributed by atoms with van der Waals surface area (Å²) in [5.41, 5.74) is 1.56. The number of amides is 2. The van der Waals surface area contributed by atoms with Crippen LogP contribution in [0.4, 0.5) is 5.69 Å². The minimum absolute atomic E-state index is 0.214. The van der Waals surface area contributed by atoms with Crippen LogP contribution in [0.25, 0.3) is 0 Å². The Kier molecular flexibility index (Phi) is 10.6. The second-order valence-electron chi connectivity index (χ2n) is 9.26. The quantitative estimate of drug-likeness (QED) is 0.413. The summed E-state index contributed by atoms with van der Waals surface area (Å²) < 4.78 is 26.4. The Hall–Kier alpha value is -3.20. The van der Waals surface area contributed by atoms with E-state index in [-0.39, 0.29) is 29.8 Å². The third kappa shape index (κ3) is 8.48.